The molecule has 1 aliphatic rings. The molecule has 1 N–H and O–H groups in total. The van der Waals surface area contributed by atoms with Crippen LogP contribution < -0.4 is 5.32 Å². The predicted octanol–water partition coefficient (Wildman–Crippen LogP) is 1.69. The summed E-state index contributed by atoms with van der Waals surface area (Å²) >= 11 is 3.39. The lowest BCUT2D eigenvalue weighted by molar-refractivity contribution is 0.239. The van der Waals surface area contributed by atoms with E-state index in [2.05, 4.69) is 41.3 Å². The van der Waals surface area contributed by atoms with Crippen molar-refractivity contribution < 1.29 is 4.52 Å². The minimum Gasteiger partial charge on any atom is -0.338 e. The van der Waals surface area contributed by atoms with Gasteiger partial charge in [-0.3, -0.25) is 9.88 Å². The molecule has 6 nitrogen and oxygen atoms in total. The Balaban J connectivity index is 1.70. The van der Waals surface area contributed by atoms with Crippen molar-refractivity contribution in [1.82, 2.24) is 25.3 Å². The smallest absolute Gasteiger partial charge is 0.241 e. The lowest BCUT2D eigenvalue weighted by Gasteiger charge is -2.16. The van der Waals surface area contributed by atoms with Crippen LogP contribution in [0.25, 0.3) is 11.4 Å². The Morgan fingerprint density at radius 3 is 3.15 bits per heavy atom. The molecule has 3 rings (SSSR count). The molecule has 0 atom stereocenters. The Morgan fingerprint density at radius 1 is 1.30 bits per heavy atom. The highest BCUT2D eigenvalue weighted by atomic mass is 79.9. The zero-order valence-electron chi connectivity index (χ0n) is 11.0. The van der Waals surface area contributed by atoms with Crippen molar-refractivity contribution in [3.05, 3.63) is 28.8 Å². The van der Waals surface area contributed by atoms with Crippen molar-refractivity contribution in [2.45, 2.75) is 13.0 Å². The number of halogens is 1. The Labute approximate surface area is 125 Å². The maximum absolute atomic E-state index is 5.34. The molecule has 0 bridgehead atoms. The molecule has 0 saturated carbocycles. The number of hydrogen-bond donors (Lipinski definition) is 1. The van der Waals surface area contributed by atoms with E-state index in [0.717, 1.165) is 42.6 Å². The van der Waals surface area contributed by atoms with Gasteiger partial charge in [0.2, 0.25) is 11.7 Å². The van der Waals surface area contributed by atoms with Gasteiger partial charge in [-0.05, 0) is 41.5 Å². The first kappa shape index (κ1) is 13.7. The van der Waals surface area contributed by atoms with E-state index in [4.69, 9.17) is 4.52 Å². The fourth-order valence-corrected chi connectivity index (χ4v) is 2.59. The van der Waals surface area contributed by atoms with Gasteiger partial charge in [0, 0.05) is 35.5 Å². The summed E-state index contributed by atoms with van der Waals surface area (Å²) in [5.41, 5.74) is 0.854. The molecule has 0 radical (unpaired) electrons. The van der Waals surface area contributed by atoms with E-state index in [0.29, 0.717) is 18.3 Å². The van der Waals surface area contributed by atoms with Gasteiger partial charge < -0.3 is 9.84 Å². The molecule has 1 aliphatic heterocycles. The fraction of sp³-hybridized carbons (Fsp3) is 0.462. The van der Waals surface area contributed by atoms with Gasteiger partial charge in [0.15, 0.2) is 0 Å². The quantitative estimate of drug-likeness (QED) is 0.919. The molecule has 0 unspecified atom stereocenters. The van der Waals surface area contributed by atoms with Crippen LogP contribution in [0.3, 0.4) is 0 Å². The first-order valence-corrected chi connectivity index (χ1v) is 7.47. The van der Waals surface area contributed by atoms with E-state index < -0.39 is 0 Å². The van der Waals surface area contributed by atoms with Crippen LogP contribution >= 0.6 is 15.9 Å². The van der Waals surface area contributed by atoms with Crippen molar-refractivity contribution in [1.29, 1.82) is 0 Å². The van der Waals surface area contributed by atoms with Gasteiger partial charge in [0.05, 0.1) is 6.54 Å². The van der Waals surface area contributed by atoms with Crippen LogP contribution in [0.2, 0.25) is 0 Å². The average Bonchev–Trinajstić information content (AvgIpc) is 2.75. The second kappa shape index (κ2) is 6.43. The molecule has 1 fully saturated rings. The standard InChI is InChI=1S/C13H16BrN5O/c14-11-6-10(7-16-8-11)13-17-12(20-18-13)9-19-4-1-2-15-3-5-19/h6-8,15H,1-5,9H2. The van der Waals surface area contributed by atoms with Crippen LogP contribution in [0.15, 0.2) is 27.5 Å². The van der Waals surface area contributed by atoms with Gasteiger partial charge in [-0.2, -0.15) is 4.98 Å². The van der Waals surface area contributed by atoms with Crippen LogP contribution in [0.1, 0.15) is 12.3 Å². The number of aromatic nitrogens is 3. The van der Waals surface area contributed by atoms with Gasteiger partial charge in [0.25, 0.3) is 0 Å². The average molecular weight is 338 g/mol. The lowest BCUT2D eigenvalue weighted by Crippen LogP contribution is -2.27. The largest absolute Gasteiger partial charge is 0.338 e. The first-order chi connectivity index (χ1) is 9.81. The number of nitrogens with zero attached hydrogens (tertiary/aromatic N) is 4. The van der Waals surface area contributed by atoms with E-state index in [1.807, 2.05) is 6.07 Å². The second-order valence-electron chi connectivity index (χ2n) is 4.78. The summed E-state index contributed by atoms with van der Waals surface area (Å²) in [6.07, 6.45) is 4.61. The summed E-state index contributed by atoms with van der Waals surface area (Å²) < 4.78 is 6.24. The second-order valence-corrected chi connectivity index (χ2v) is 5.70. The molecule has 2 aromatic heterocycles. The summed E-state index contributed by atoms with van der Waals surface area (Å²) in [5.74, 6) is 1.24. The molecule has 0 amide bonds. The molecule has 2 aromatic rings. The number of rotatable bonds is 3. The predicted molar refractivity (Wildman–Crippen MR) is 78.0 cm³/mol. The summed E-state index contributed by atoms with van der Waals surface area (Å²) in [4.78, 5) is 10.9. The van der Waals surface area contributed by atoms with Gasteiger partial charge >= 0.3 is 0 Å². The number of hydrogen-bond acceptors (Lipinski definition) is 6. The van der Waals surface area contributed by atoms with Gasteiger partial charge in [-0.15, -0.1) is 0 Å². The van der Waals surface area contributed by atoms with Crippen molar-refractivity contribution in [3.8, 4) is 11.4 Å². The molecule has 7 heteroatoms. The van der Waals surface area contributed by atoms with Gasteiger partial charge in [-0.25, -0.2) is 0 Å². The Bertz CT molecular complexity index is 565. The van der Waals surface area contributed by atoms with Crippen LogP contribution in [0.4, 0.5) is 0 Å². The maximum Gasteiger partial charge on any atom is 0.241 e. The van der Waals surface area contributed by atoms with Crippen molar-refractivity contribution in [2.75, 3.05) is 26.2 Å². The fourth-order valence-electron chi connectivity index (χ4n) is 2.22. The number of nitrogens with one attached hydrogen (secondary N) is 1. The third kappa shape index (κ3) is 3.41. The molecule has 3 heterocycles. The van der Waals surface area contributed by atoms with E-state index in [-0.39, 0.29) is 0 Å². The molecule has 1 saturated heterocycles. The topological polar surface area (TPSA) is 67.1 Å². The molecular weight excluding hydrogens is 322 g/mol. The highest BCUT2D eigenvalue weighted by Crippen LogP contribution is 2.19. The maximum atomic E-state index is 5.34. The SMILES string of the molecule is Brc1cncc(-c2noc(CN3CCCNCC3)n2)c1. The van der Waals surface area contributed by atoms with E-state index in [9.17, 15) is 0 Å². The normalized spacial score (nSPS) is 17.1. The zero-order chi connectivity index (χ0) is 13.8. The minimum atomic E-state index is 0.585. The summed E-state index contributed by atoms with van der Waals surface area (Å²) in [7, 11) is 0. The van der Waals surface area contributed by atoms with Crippen molar-refractivity contribution in [3.63, 3.8) is 0 Å². The molecule has 0 aromatic carbocycles. The highest BCUT2D eigenvalue weighted by Gasteiger charge is 2.14. The van der Waals surface area contributed by atoms with E-state index in [1.165, 1.54) is 0 Å². The first-order valence-electron chi connectivity index (χ1n) is 6.68. The Kier molecular flexibility index (Phi) is 4.39. The van der Waals surface area contributed by atoms with Crippen LogP contribution in [0, 0.1) is 0 Å². The van der Waals surface area contributed by atoms with Gasteiger partial charge in [-0.1, -0.05) is 5.16 Å². The number of pyridine rings is 1. The van der Waals surface area contributed by atoms with Crippen LogP contribution in [0.5, 0.6) is 0 Å². The molecule has 20 heavy (non-hydrogen) atoms. The summed E-state index contributed by atoms with van der Waals surface area (Å²) in [6.45, 7) is 4.86. The zero-order valence-corrected chi connectivity index (χ0v) is 12.6. The third-order valence-electron chi connectivity index (χ3n) is 3.22. The van der Waals surface area contributed by atoms with Crippen molar-refractivity contribution >= 4 is 15.9 Å². The highest BCUT2D eigenvalue weighted by molar-refractivity contribution is 9.10. The summed E-state index contributed by atoms with van der Waals surface area (Å²) in [5, 5.41) is 7.41. The molecule has 0 spiro atoms. The summed E-state index contributed by atoms with van der Waals surface area (Å²) in [6, 6.07) is 1.93. The minimum absolute atomic E-state index is 0.585. The third-order valence-corrected chi connectivity index (χ3v) is 3.66. The Hall–Kier alpha value is -1.31. The molecular formula is C13H16BrN5O. The van der Waals surface area contributed by atoms with Gasteiger partial charge in [0.1, 0.15) is 0 Å². The van der Waals surface area contributed by atoms with Crippen LogP contribution in [-0.2, 0) is 6.54 Å². The monoisotopic (exact) mass is 337 g/mol. The van der Waals surface area contributed by atoms with E-state index in [1.54, 1.807) is 12.4 Å². The Morgan fingerprint density at radius 2 is 2.25 bits per heavy atom. The lowest BCUT2D eigenvalue weighted by atomic mass is 10.3. The van der Waals surface area contributed by atoms with Crippen molar-refractivity contribution in [2.24, 2.45) is 0 Å². The molecule has 0 aliphatic carbocycles. The van der Waals surface area contributed by atoms with E-state index >= 15 is 0 Å². The van der Waals surface area contributed by atoms with Crippen LogP contribution in [-0.4, -0.2) is 46.2 Å². The molecule has 106 valence electrons.